The molecule has 1 heterocycles. The number of halogens is 3. The molecule has 0 unspecified atom stereocenters. The number of hydrogen-bond acceptors (Lipinski definition) is 5. The first-order chi connectivity index (χ1) is 10.2. The number of ether oxygens (including phenoxy) is 1. The third-order valence-corrected chi connectivity index (χ3v) is 3.79. The lowest BCUT2D eigenvalue weighted by Crippen LogP contribution is -2.17. The Kier molecular flexibility index (Phi) is 4.13. The van der Waals surface area contributed by atoms with Crippen molar-refractivity contribution in [2.24, 2.45) is 0 Å². The van der Waals surface area contributed by atoms with Crippen LogP contribution in [0.1, 0.15) is 0 Å². The highest BCUT2D eigenvalue weighted by atomic mass is 32.2. The van der Waals surface area contributed by atoms with Gasteiger partial charge < -0.3 is 9.84 Å². The van der Waals surface area contributed by atoms with Gasteiger partial charge in [0.25, 0.3) is 10.0 Å². The number of aromatic nitrogens is 1. The van der Waals surface area contributed by atoms with Gasteiger partial charge >= 0.3 is 6.36 Å². The van der Waals surface area contributed by atoms with Gasteiger partial charge in [0.1, 0.15) is 17.2 Å². The van der Waals surface area contributed by atoms with E-state index in [-0.39, 0.29) is 16.3 Å². The molecule has 0 spiro atoms. The quantitative estimate of drug-likeness (QED) is 0.897. The Morgan fingerprint density at radius 3 is 2.32 bits per heavy atom. The van der Waals surface area contributed by atoms with E-state index in [9.17, 15) is 26.7 Å². The first kappa shape index (κ1) is 15.9. The predicted molar refractivity (Wildman–Crippen MR) is 69.8 cm³/mol. The molecule has 1 aromatic heterocycles. The topological polar surface area (TPSA) is 88.5 Å². The van der Waals surface area contributed by atoms with Crippen LogP contribution in [0.2, 0.25) is 0 Å². The van der Waals surface area contributed by atoms with Crippen LogP contribution in [0, 0.1) is 0 Å². The predicted octanol–water partition coefficient (Wildman–Crippen LogP) is 2.49. The molecule has 22 heavy (non-hydrogen) atoms. The molecule has 2 rings (SSSR count). The molecule has 0 bridgehead atoms. The number of nitrogens with zero attached hydrogens (tertiary/aromatic N) is 1. The van der Waals surface area contributed by atoms with Gasteiger partial charge in [-0.25, -0.2) is 8.42 Å². The molecule has 0 aliphatic rings. The SMILES string of the molecule is O=S(=O)(Nc1cnccc1O)c1ccc(OC(F)(F)F)cc1. The van der Waals surface area contributed by atoms with Crippen molar-refractivity contribution in [2.75, 3.05) is 4.72 Å². The zero-order chi connectivity index (χ0) is 16.4. The van der Waals surface area contributed by atoms with Crippen molar-refractivity contribution < 1.29 is 31.4 Å². The minimum Gasteiger partial charge on any atom is -0.506 e. The van der Waals surface area contributed by atoms with Crippen LogP contribution < -0.4 is 9.46 Å². The molecule has 0 amide bonds. The van der Waals surface area contributed by atoms with Gasteiger partial charge in [-0.1, -0.05) is 0 Å². The van der Waals surface area contributed by atoms with Gasteiger partial charge in [-0.2, -0.15) is 0 Å². The van der Waals surface area contributed by atoms with E-state index in [0.29, 0.717) is 0 Å². The summed E-state index contributed by atoms with van der Waals surface area (Å²) >= 11 is 0. The molecule has 2 N–H and O–H groups in total. The smallest absolute Gasteiger partial charge is 0.506 e. The Balaban J connectivity index is 2.22. The average molecular weight is 334 g/mol. The lowest BCUT2D eigenvalue weighted by atomic mass is 10.3. The van der Waals surface area contributed by atoms with Gasteiger partial charge in [0, 0.05) is 12.3 Å². The van der Waals surface area contributed by atoms with E-state index in [1.165, 1.54) is 12.3 Å². The van der Waals surface area contributed by atoms with Crippen LogP contribution in [0.15, 0.2) is 47.6 Å². The Hall–Kier alpha value is -2.49. The van der Waals surface area contributed by atoms with Crippen LogP contribution in [0.25, 0.3) is 0 Å². The number of pyridine rings is 1. The summed E-state index contributed by atoms with van der Waals surface area (Å²) in [7, 11) is -4.08. The van der Waals surface area contributed by atoms with Gasteiger partial charge in [0.15, 0.2) is 0 Å². The van der Waals surface area contributed by atoms with E-state index in [1.807, 2.05) is 0 Å². The van der Waals surface area contributed by atoms with Gasteiger partial charge in [0.05, 0.1) is 11.1 Å². The minimum atomic E-state index is -4.86. The third-order valence-electron chi connectivity index (χ3n) is 2.41. The van der Waals surface area contributed by atoms with E-state index in [1.54, 1.807) is 0 Å². The summed E-state index contributed by atoms with van der Waals surface area (Å²) in [5, 5.41) is 9.48. The fraction of sp³-hybridized carbons (Fsp3) is 0.0833. The molecule has 0 fully saturated rings. The highest BCUT2D eigenvalue weighted by molar-refractivity contribution is 7.92. The Bertz CT molecular complexity index is 761. The molecule has 0 radical (unpaired) electrons. The van der Waals surface area contributed by atoms with Crippen LogP contribution in [0.4, 0.5) is 18.9 Å². The minimum absolute atomic E-state index is 0.155. The van der Waals surface area contributed by atoms with Gasteiger partial charge in [0.2, 0.25) is 0 Å². The molecule has 0 aliphatic heterocycles. The second kappa shape index (κ2) is 5.72. The average Bonchev–Trinajstić information content (AvgIpc) is 2.40. The number of nitrogens with one attached hydrogen (secondary N) is 1. The number of alkyl halides is 3. The molecule has 1 aromatic carbocycles. The second-order valence-corrected chi connectivity index (χ2v) is 5.70. The molecule has 2 aromatic rings. The molecule has 118 valence electrons. The molecule has 0 saturated heterocycles. The largest absolute Gasteiger partial charge is 0.573 e. The lowest BCUT2D eigenvalue weighted by Gasteiger charge is -2.11. The number of benzene rings is 1. The monoisotopic (exact) mass is 334 g/mol. The maximum Gasteiger partial charge on any atom is 0.573 e. The third kappa shape index (κ3) is 4.01. The summed E-state index contributed by atoms with van der Waals surface area (Å²) in [6.45, 7) is 0. The standard InChI is InChI=1S/C12H9F3N2O4S/c13-12(14,15)21-8-1-3-9(4-2-8)22(19,20)17-10-7-16-6-5-11(10)18/h1-7,17H,(H,16,18). The number of rotatable bonds is 4. The van der Waals surface area contributed by atoms with Crippen molar-refractivity contribution in [1.29, 1.82) is 0 Å². The van der Waals surface area contributed by atoms with Crippen LogP contribution in [-0.2, 0) is 10.0 Å². The van der Waals surface area contributed by atoms with E-state index in [0.717, 1.165) is 30.5 Å². The molecular weight excluding hydrogens is 325 g/mol. The highest BCUT2D eigenvalue weighted by Gasteiger charge is 2.31. The summed E-state index contributed by atoms with van der Waals surface area (Å²) in [5.74, 6) is -0.883. The van der Waals surface area contributed by atoms with Gasteiger partial charge in [-0.3, -0.25) is 9.71 Å². The van der Waals surface area contributed by atoms with Crippen molar-refractivity contribution in [3.63, 3.8) is 0 Å². The number of anilines is 1. The summed E-state index contributed by atoms with van der Waals surface area (Å²) in [6.07, 6.45) is -2.51. The molecule has 6 nitrogen and oxygen atoms in total. The zero-order valence-corrected chi connectivity index (χ0v) is 11.5. The maximum absolute atomic E-state index is 12.0. The summed E-state index contributed by atoms with van der Waals surface area (Å²) in [5.41, 5.74) is -0.155. The van der Waals surface area contributed by atoms with Gasteiger partial charge in [-0.15, -0.1) is 13.2 Å². The Morgan fingerprint density at radius 1 is 1.14 bits per heavy atom. The van der Waals surface area contributed by atoms with E-state index in [2.05, 4.69) is 14.4 Å². The van der Waals surface area contributed by atoms with Gasteiger partial charge in [-0.05, 0) is 24.3 Å². The highest BCUT2D eigenvalue weighted by Crippen LogP contribution is 2.26. The van der Waals surface area contributed by atoms with Crippen LogP contribution >= 0.6 is 0 Å². The van der Waals surface area contributed by atoms with E-state index < -0.39 is 22.1 Å². The fourth-order valence-corrected chi connectivity index (χ4v) is 2.55. The van der Waals surface area contributed by atoms with E-state index in [4.69, 9.17) is 0 Å². The first-order valence-corrected chi connectivity index (χ1v) is 7.17. The van der Waals surface area contributed by atoms with Crippen molar-refractivity contribution >= 4 is 15.7 Å². The van der Waals surface area contributed by atoms with Crippen LogP contribution in [-0.4, -0.2) is 24.9 Å². The normalized spacial score (nSPS) is 12.0. The number of hydrogen-bond donors (Lipinski definition) is 2. The molecule has 0 saturated carbocycles. The Morgan fingerprint density at radius 2 is 1.77 bits per heavy atom. The summed E-state index contributed by atoms with van der Waals surface area (Å²) in [6, 6.07) is 4.79. The molecule has 0 aliphatic carbocycles. The van der Waals surface area contributed by atoms with Crippen LogP contribution in [0.5, 0.6) is 11.5 Å². The maximum atomic E-state index is 12.0. The first-order valence-electron chi connectivity index (χ1n) is 5.69. The molecule has 10 heteroatoms. The van der Waals surface area contributed by atoms with Crippen molar-refractivity contribution in [2.45, 2.75) is 11.3 Å². The Labute approximate surface area is 123 Å². The second-order valence-electron chi connectivity index (χ2n) is 4.02. The zero-order valence-electron chi connectivity index (χ0n) is 10.7. The fourth-order valence-electron chi connectivity index (χ4n) is 1.49. The van der Waals surface area contributed by atoms with Crippen molar-refractivity contribution in [3.05, 3.63) is 42.7 Å². The van der Waals surface area contributed by atoms with E-state index >= 15 is 0 Å². The summed E-state index contributed by atoms with van der Waals surface area (Å²) < 4.78 is 65.8. The number of sulfonamides is 1. The van der Waals surface area contributed by atoms with Crippen LogP contribution in [0.3, 0.4) is 0 Å². The number of aromatic hydroxyl groups is 1. The van der Waals surface area contributed by atoms with Crippen molar-refractivity contribution in [3.8, 4) is 11.5 Å². The molecular formula is C12H9F3N2O4S. The summed E-state index contributed by atoms with van der Waals surface area (Å²) in [4.78, 5) is 3.35. The lowest BCUT2D eigenvalue weighted by molar-refractivity contribution is -0.274. The van der Waals surface area contributed by atoms with Crippen molar-refractivity contribution in [1.82, 2.24) is 4.98 Å². The molecule has 0 atom stereocenters.